The van der Waals surface area contributed by atoms with E-state index in [-0.39, 0.29) is 12.2 Å². The topological polar surface area (TPSA) is 56.4 Å². The molecule has 3 aliphatic rings. The van der Waals surface area contributed by atoms with Crippen molar-refractivity contribution in [3.8, 4) is 0 Å². The molecule has 2 unspecified atom stereocenters. The monoisotopic (exact) mass is 224 g/mol. The van der Waals surface area contributed by atoms with E-state index in [2.05, 4.69) is 20.9 Å². The van der Waals surface area contributed by atoms with E-state index in [4.69, 9.17) is 0 Å². The predicted molar refractivity (Wildman–Crippen MR) is 61.1 cm³/mol. The third-order valence-corrected chi connectivity index (χ3v) is 4.00. The molecule has 0 aliphatic carbocycles. The lowest BCUT2D eigenvalue weighted by atomic mass is 9.99. The maximum Gasteiger partial charge on any atom is 0.319 e. The number of nitrogens with zero attached hydrogens (tertiary/aromatic N) is 1. The molecule has 2 atom stereocenters. The van der Waals surface area contributed by atoms with Gasteiger partial charge in [-0.1, -0.05) is 0 Å². The van der Waals surface area contributed by atoms with Gasteiger partial charge in [-0.2, -0.15) is 0 Å². The van der Waals surface area contributed by atoms with Gasteiger partial charge in [-0.05, 0) is 45.3 Å². The zero-order valence-corrected chi connectivity index (χ0v) is 9.54. The summed E-state index contributed by atoms with van der Waals surface area (Å²) in [6.45, 7) is 3.11. The predicted octanol–water partition coefficient (Wildman–Crippen LogP) is -0.158. The van der Waals surface area contributed by atoms with E-state index >= 15 is 0 Å². The van der Waals surface area contributed by atoms with Crippen molar-refractivity contribution < 1.29 is 4.79 Å². The van der Waals surface area contributed by atoms with Gasteiger partial charge in [-0.25, -0.2) is 4.79 Å². The van der Waals surface area contributed by atoms with Gasteiger partial charge in [0.2, 0.25) is 0 Å². The molecule has 0 saturated carbocycles. The van der Waals surface area contributed by atoms with Crippen LogP contribution in [0, 0.1) is 0 Å². The Morgan fingerprint density at radius 2 is 1.94 bits per heavy atom. The standard InChI is InChI=1S/C11H20N4O/c16-11-14-10-9(2-1-5-13-10)15(11)8-3-6-12-7-4-8/h8-10,12-13H,1-7H2,(H,14,16). The van der Waals surface area contributed by atoms with Gasteiger partial charge in [-0.15, -0.1) is 0 Å². The Hall–Kier alpha value is -0.810. The van der Waals surface area contributed by atoms with Crippen molar-refractivity contribution in [2.45, 2.75) is 43.9 Å². The number of hydrogen-bond acceptors (Lipinski definition) is 3. The van der Waals surface area contributed by atoms with E-state index in [0.717, 1.165) is 38.9 Å². The summed E-state index contributed by atoms with van der Waals surface area (Å²) in [6, 6.07) is 0.955. The van der Waals surface area contributed by atoms with Crippen LogP contribution in [0.4, 0.5) is 4.79 Å². The summed E-state index contributed by atoms with van der Waals surface area (Å²) in [5.41, 5.74) is 0. The highest BCUT2D eigenvalue weighted by molar-refractivity contribution is 5.78. The first-order valence-electron chi connectivity index (χ1n) is 6.39. The molecule has 3 aliphatic heterocycles. The molecule has 90 valence electrons. The molecule has 0 aromatic heterocycles. The summed E-state index contributed by atoms with van der Waals surface area (Å²) >= 11 is 0. The minimum Gasteiger partial charge on any atom is -0.321 e. The van der Waals surface area contributed by atoms with Crippen LogP contribution in [-0.2, 0) is 0 Å². The van der Waals surface area contributed by atoms with Gasteiger partial charge < -0.3 is 15.5 Å². The summed E-state index contributed by atoms with van der Waals surface area (Å²) in [6.07, 6.45) is 4.70. The molecule has 0 aromatic rings. The highest BCUT2D eigenvalue weighted by Crippen LogP contribution is 2.26. The second-order valence-corrected chi connectivity index (χ2v) is 4.98. The second kappa shape index (κ2) is 4.22. The second-order valence-electron chi connectivity index (χ2n) is 4.98. The van der Waals surface area contributed by atoms with Crippen LogP contribution in [0.5, 0.6) is 0 Å². The Bertz CT molecular complexity index is 277. The fourth-order valence-corrected chi connectivity index (χ4v) is 3.20. The van der Waals surface area contributed by atoms with E-state index in [1.165, 1.54) is 6.42 Å². The molecule has 5 nitrogen and oxygen atoms in total. The molecular formula is C11H20N4O. The van der Waals surface area contributed by atoms with Crippen LogP contribution < -0.4 is 16.0 Å². The summed E-state index contributed by atoms with van der Waals surface area (Å²) in [7, 11) is 0. The van der Waals surface area contributed by atoms with Crippen molar-refractivity contribution in [1.82, 2.24) is 20.9 Å². The quantitative estimate of drug-likeness (QED) is 0.580. The molecule has 0 radical (unpaired) electrons. The smallest absolute Gasteiger partial charge is 0.319 e. The normalized spacial score (nSPS) is 36.0. The van der Waals surface area contributed by atoms with Crippen molar-refractivity contribution in [2.75, 3.05) is 19.6 Å². The number of hydrogen-bond donors (Lipinski definition) is 3. The molecule has 0 bridgehead atoms. The SMILES string of the molecule is O=C1NC2NCCCC2N1C1CCNCC1. The maximum absolute atomic E-state index is 12.0. The highest BCUT2D eigenvalue weighted by Gasteiger charge is 2.43. The van der Waals surface area contributed by atoms with Crippen LogP contribution in [0.2, 0.25) is 0 Å². The number of carbonyl (C=O) groups excluding carboxylic acids is 1. The van der Waals surface area contributed by atoms with Crippen LogP contribution in [0.15, 0.2) is 0 Å². The maximum atomic E-state index is 12.0. The Labute approximate surface area is 95.9 Å². The third-order valence-electron chi connectivity index (χ3n) is 4.00. The molecule has 2 amide bonds. The van der Waals surface area contributed by atoms with Crippen molar-refractivity contribution in [3.05, 3.63) is 0 Å². The lowest BCUT2D eigenvalue weighted by molar-refractivity contribution is 0.135. The van der Waals surface area contributed by atoms with Gasteiger partial charge >= 0.3 is 6.03 Å². The minimum absolute atomic E-state index is 0.135. The molecule has 3 N–H and O–H groups in total. The van der Waals surface area contributed by atoms with Crippen LogP contribution in [-0.4, -0.2) is 48.8 Å². The van der Waals surface area contributed by atoms with Gasteiger partial charge in [0.1, 0.15) is 6.17 Å². The fourth-order valence-electron chi connectivity index (χ4n) is 3.20. The Morgan fingerprint density at radius 1 is 1.12 bits per heavy atom. The number of amides is 2. The van der Waals surface area contributed by atoms with E-state index in [1.54, 1.807) is 0 Å². The van der Waals surface area contributed by atoms with Crippen LogP contribution in [0.1, 0.15) is 25.7 Å². The molecule has 16 heavy (non-hydrogen) atoms. The summed E-state index contributed by atoms with van der Waals surface area (Å²) in [4.78, 5) is 14.1. The fraction of sp³-hybridized carbons (Fsp3) is 0.909. The zero-order valence-electron chi connectivity index (χ0n) is 9.54. The minimum atomic E-state index is 0.135. The van der Waals surface area contributed by atoms with Crippen molar-refractivity contribution >= 4 is 6.03 Å². The molecule has 5 heteroatoms. The molecule has 3 rings (SSSR count). The first-order valence-corrected chi connectivity index (χ1v) is 6.39. The molecular weight excluding hydrogens is 204 g/mol. The first kappa shape index (κ1) is 10.4. The summed E-state index contributed by atoms with van der Waals surface area (Å²) < 4.78 is 0. The Morgan fingerprint density at radius 3 is 2.75 bits per heavy atom. The van der Waals surface area contributed by atoms with E-state index < -0.39 is 0 Å². The number of nitrogens with one attached hydrogen (secondary N) is 3. The van der Waals surface area contributed by atoms with Gasteiger partial charge in [0.25, 0.3) is 0 Å². The zero-order chi connectivity index (χ0) is 11.0. The van der Waals surface area contributed by atoms with Gasteiger partial charge in [-0.3, -0.25) is 5.32 Å². The van der Waals surface area contributed by atoms with E-state index in [1.807, 2.05) is 0 Å². The highest BCUT2D eigenvalue weighted by atomic mass is 16.2. The van der Waals surface area contributed by atoms with Crippen molar-refractivity contribution in [2.24, 2.45) is 0 Å². The van der Waals surface area contributed by atoms with Crippen LogP contribution >= 0.6 is 0 Å². The Kier molecular flexibility index (Phi) is 2.73. The van der Waals surface area contributed by atoms with E-state index in [9.17, 15) is 4.79 Å². The first-order chi connectivity index (χ1) is 7.86. The number of piperidine rings is 2. The van der Waals surface area contributed by atoms with Crippen molar-refractivity contribution in [3.63, 3.8) is 0 Å². The summed E-state index contributed by atoms with van der Waals surface area (Å²) in [5.74, 6) is 0. The number of carbonyl (C=O) groups is 1. The molecule has 3 saturated heterocycles. The van der Waals surface area contributed by atoms with Crippen LogP contribution in [0.3, 0.4) is 0 Å². The van der Waals surface area contributed by atoms with Gasteiger partial charge in [0.05, 0.1) is 6.04 Å². The number of rotatable bonds is 1. The molecule has 0 spiro atoms. The largest absolute Gasteiger partial charge is 0.321 e. The summed E-state index contributed by atoms with van der Waals surface area (Å²) in [5, 5.41) is 9.80. The van der Waals surface area contributed by atoms with Gasteiger partial charge in [0.15, 0.2) is 0 Å². The lowest BCUT2D eigenvalue weighted by Gasteiger charge is -2.37. The van der Waals surface area contributed by atoms with Crippen molar-refractivity contribution in [1.29, 1.82) is 0 Å². The third kappa shape index (κ3) is 1.68. The molecule has 0 aromatic carbocycles. The molecule has 3 heterocycles. The van der Waals surface area contributed by atoms with E-state index in [0.29, 0.717) is 12.1 Å². The average molecular weight is 224 g/mol. The Balaban J connectivity index is 1.74. The van der Waals surface area contributed by atoms with Crippen LogP contribution in [0.25, 0.3) is 0 Å². The lowest BCUT2D eigenvalue weighted by Crippen LogP contribution is -2.53. The number of urea groups is 1. The van der Waals surface area contributed by atoms with Gasteiger partial charge in [0, 0.05) is 6.04 Å². The number of fused-ring (bicyclic) bond motifs is 1. The molecule has 3 fully saturated rings. The average Bonchev–Trinajstić information content (AvgIpc) is 2.66.